The van der Waals surface area contributed by atoms with Crippen LogP contribution in [0.1, 0.15) is 309 Å². The number of carbonyl (C=O) groups excluding carboxylic acids is 2. The zero-order chi connectivity index (χ0) is 61.2. The van der Waals surface area contributed by atoms with E-state index in [1.54, 1.807) is 0 Å². The number of phosphoric ester groups is 1. The second-order valence-corrected chi connectivity index (χ2v) is 26.0. The van der Waals surface area contributed by atoms with Gasteiger partial charge in [0, 0.05) is 12.8 Å². The summed E-state index contributed by atoms with van der Waals surface area (Å²) in [7, 11) is 1.48. The standard InChI is InChI=1S/C74H132NO8P/c1-6-8-10-12-14-16-18-20-22-24-26-28-30-32-33-34-35-36-37-38-39-40-41-43-45-47-49-51-53-55-57-59-61-63-65-67-74(77)83-72(71-82-84(78,79)81-69-68-75(3,4)5)70-80-73(76)66-64-62-60-58-56-54-52-50-48-46-44-42-31-29-27-25-23-21-19-17-15-13-11-9-7-2/h8,10,14,16,20,22,25-28,32-33,35-36,38-39,72H,6-7,9,11-13,15,17-19,21,23-24,29-31,34,37,40-71H2,1-5H3/p+1/b10-8-,16-14-,22-20-,27-25-,28-26-,33-32-,36-35-,39-38-. The van der Waals surface area contributed by atoms with Crippen LogP contribution in [-0.2, 0) is 32.7 Å². The monoisotopic (exact) mass is 1190 g/mol. The summed E-state index contributed by atoms with van der Waals surface area (Å²) < 4.78 is 34.7. The summed E-state index contributed by atoms with van der Waals surface area (Å²) in [6.07, 6.45) is 89.3. The summed E-state index contributed by atoms with van der Waals surface area (Å²) in [4.78, 5) is 35.9. The van der Waals surface area contributed by atoms with E-state index in [1.807, 2.05) is 21.1 Å². The van der Waals surface area contributed by atoms with Crippen molar-refractivity contribution < 1.29 is 42.1 Å². The van der Waals surface area contributed by atoms with Gasteiger partial charge >= 0.3 is 19.8 Å². The number of rotatable bonds is 64. The maximum atomic E-state index is 12.9. The molecule has 2 unspecified atom stereocenters. The Labute approximate surface area is 519 Å². The van der Waals surface area contributed by atoms with Crippen LogP contribution in [0.2, 0.25) is 0 Å². The molecule has 0 rings (SSSR count). The van der Waals surface area contributed by atoms with Crippen molar-refractivity contribution in [3.05, 3.63) is 97.2 Å². The lowest BCUT2D eigenvalue weighted by molar-refractivity contribution is -0.870. The zero-order valence-electron chi connectivity index (χ0n) is 55.4. The lowest BCUT2D eigenvalue weighted by atomic mass is 10.0. The third-order valence-corrected chi connectivity index (χ3v) is 16.1. The Hall–Kier alpha value is -3.07. The number of nitrogens with zero attached hydrogens (tertiary/aromatic N) is 1. The first kappa shape index (κ1) is 80.9. The van der Waals surface area contributed by atoms with Crippen molar-refractivity contribution >= 4 is 19.8 Å². The number of unbranched alkanes of at least 4 members (excludes halogenated alkanes) is 34. The molecule has 0 bridgehead atoms. The SMILES string of the molecule is CC/C=C\C/C=C\C/C=C\C/C=C\C/C=C\C/C=C\C/C=C\CCCCCCCCCCCCCCCC(=O)OC(COC(=O)CCCCCCCCCCCCCCC/C=C\CCCCCCCCCC)COP(=O)(O)OCC[N+](C)(C)C. The topological polar surface area (TPSA) is 108 Å². The van der Waals surface area contributed by atoms with E-state index in [2.05, 4.69) is 111 Å². The Bertz CT molecular complexity index is 1740. The van der Waals surface area contributed by atoms with Crippen LogP contribution < -0.4 is 0 Å². The van der Waals surface area contributed by atoms with Crippen LogP contribution in [-0.4, -0.2) is 74.9 Å². The molecular formula is C74H133NO8P+. The van der Waals surface area contributed by atoms with Crippen molar-refractivity contribution in [1.82, 2.24) is 0 Å². The molecule has 84 heavy (non-hydrogen) atoms. The summed E-state index contributed by atoms with van der Waals surface area (Å²) in [6, 6.07) is 0. The molecule has 0 fully saturated rings. The van der Waals surface area contributed by atoms with Crippen molar-refractivity contribution in [3.8, 4) is 0 Å². The highest BCUT2D eigenvalue weighted by Gasteiger charge is 2.27. The molecule has 0 spiro atoms. The van der Waals surface area contributed by atoms with Gasteiger partial charge in [-0.15, -0.1) is 0 Å². The fraction of sp³-hybridized carbons (Fsp3) is 0.757. The van der Waals surface area contributed by atoms with Gasteiger partial charge < -0.3 is 18.9 Å². The second-order valence-electron chi connectivity index (χ2n) is 24.5. The van der Waals surface area contributed by atoms with E-state index in [0.29, 0.717) is 17.4 Å². The van der Waals surface area contributed by atoms with E-state index in [0.717, 1.165) is 83.5 Å². The van der Waals surface area contributed by atoms with Crippen molar-refractivity contribution in [1.29, 1.82) is 0 Å². The van der Waals surface area contributed by atoms with Gasteiger partial charge in [-0.25, -0.2) is 4.57 Å². The van der Waals surface area contributed by atoms with Crippen molar-refractivity contribution in [2.75, 3.05) is 47.5 Å². The quantitative estimate of drug-likeness (QED) is 0.0211. The van der Waals surface area contributed by atoms with Crippen LogP contribution in [0.5, 0.6) is 0 Å². The number of allylic oxidation sites excluding steroid dienone is 16. The molecule has 0 heterocycles. The zero-order valence-corrected chi connectivity index (χ0v) is 56.3. The van der Waals surface area contributed by atoms with Gasteiger partial charge in [0.05, 0.1) is 27.7 Å². The third-order valence-electron chi connectivity index (χ3n) is 15.1. The number of esters is 2. The first-order chi connectivity index (χ1) is 41.0. The summed E-state index contributed by atoms with van der Waals surface area (Å²) in [5, 5.41) is 0. The minimum Gasteiger partial charge on any atom is -0.462 e. The van der Waals surface area contributed by atoms with Gasteiger partial charge in [-0.2, -0.15) is 0 Å². The second kappa shape index (κ2) is 64.4. The Balaban J connectivity index is 4.06. The first-order valence-corrected chi connectivity index (χ1v) is 36.5. The Morgan fingerprint density at radius 2 is 0.679 bits per heavy atom. The lowest BCUT2D eigenvalue weighted by Crippen LogP contribution is -2.37. The summed E-state index contributed by atoms with van der Waals surface area (Å²) in [6.45, 7) is 4.35. The van der Waals surface area contributed by atoms with Crippen LogP contribution in [0.25, 0.3) is 0 Å². The average Bonchev–Trinajstić information content (AvgIpc) is 3.61. The van der Waals surface area contributed by atoms with Gasteiger partial charge in [-0.05, 0) is 96.3 Å². The Kier molecular flexibility index (Phi) is 62.1. The largest absolute Gasteiger partial charge is 0.472 e. The number of phosphoric acid groups is 1. The van der Waals surface area contributed by atoms with Crippen LogP contribution in [0.4, 0.5) is 0 Å². The normalized spacial score (nSPS) is 13.7. The Morgan fingerprint density at radius 3 is 1.02 bits per heavy atom. The molecule has 1 N–H and O–H groups in total. The molecule has 0 amide bonds. The van der Waals surface area contributed by atoms with Gasteiger partial charge in [-0.3, -0.25) is 18.6 Å². The van der Waals surface area contributed by atoms with E-state index in [1.165, 1.54) is 193 Å². The number of likely N-dealkylation sites (N-methyl/N-ethyl adjacent to an activating group) is 1. The first-order valence-electron chi connectivity index (χ1n) is 35.0. The minimum absolute atomic E-state index is 0.0293. The maximum absolute atomic E-state index is 12.9. The van der Waals surface area contributed by atoms with Crippen LogP contribution in [0, 0.1) is 0 Å². The van der Waals surface area contributed by atoms with Crippen molar-refractivity contribution in [2.24, 2.45) is 0 Å². The smallest absolute Gasteiger partial charge is 0.462 e. The van der Waals surface area contributed by atoms with Crippen LogP contribution in [0.3, 0.4) is 0 Å². The molecule has 10 heteroatoms. The Morgan fingerprint density at radius 1 is 0.381 bits per heavy atom. The molecule has 0 radical (unpaired) electrons. The number of carbonyl (C=O) groups is 2. The third kappa shape index (κ3) is 68.0. The highest BCUT2D eigenvalue weighted by molar-refractivity contribution is 7.47. The molecule has 0 aromatic carbocycles. The minimum atomic E-state index is -4.40. The van der Waals surface area contributed by atoms with Gasteiger partial charge in [0.25, 0.3) is 0 Å². The highest BCUT2D eigenvalue weighted by atomic mass is 31.2. The molecule has 486 valence electrons. The van der Waals surface area contributed by atoms with Crippen LogP contribution >= 0.6 is 7.82 Å². The number of quaternary nitrogens is 1. The van der Waals surface area contributed by atoms with E-state index in [-0.39, 0.29) is 32.0 Å². The molecule has 0 saturated carbocycles. The fourth-order valence-corrected chi connectivity index (χ4v) is 10.5. The molecule has 0 aliphatic carbocycles. The summed E-state index contributed by atoms with van der Waals surface area (Å²) in [5.41, 5.74) is 0. The molecule has 0 aromatic heterocycles. The predicted molar refractivity (Wildman–Crippen MR) is 362 cm³/mol. The summed E-state index contributed by atoms with van der Waals surface area (Å²) in [5.74, 6) is -0.791. The average molecular weight is 1200 g/mol. The predicted octanol–water partition coefficient (Wildman–Crippen LogP) is 22.7. The molecule has 0 aromatic rings. The molecular weight excluding hydrogens is 1060 g/mol. The molecule has 2 atom stereocenters. The van der Waals surface area contributed by atoms with E-state index >= 15 is 0 Å². The number of hydrogen-bond donors (Lipinski definition) is 1. The van der Waals surface area contributed by atoms with Crippen molar-refractivity contribution in [3.63, 3.8) is 0 Å². The van der Waals surface area contributed by atoms with Crippen LogP contribution in [0.15, 0.2) is 97.2 Å². The molecule has 0 aliphatic heterocycles. The highest BCUT2D eigenvalue weighted by Crippen LogP contribution is 2.43. The van der Waals surface area contributed by atoms with Gasteiger partial charge in [0.15, 0.2) is 6.10 Å². The van der Waals surface area contributed by atoms with E-state index in [9.17, 15) is 19.0 Å². The van der Waals surface area contributed by atoms with E-state index < -0.39 is 26.5 Å². The van der Waals surface area contributed by atoms with E-state index in [4.69, 9.17) is 18.5 Å². The number of ether oxygens (including phenoxy) is 2. The van der Waals surface area contributed by atoms with Gasteiger partial charge in [-0.1, -0.05) is 297 Å². The maximum Gasteiger partial charge on any atom is 0.472 e. The van der Waals surface area contributed by atoms with Crippen molar-refractivity contribution in [2.45, 2.75) is 315 Å². The lowest BCUT2D eigenvalue weighted by Gasteiger charge is -2.24. The summed E-state index contributed by atoms with van der Waals surface area (Å²) >= 11 is 0. The number of hydrogen-bond acceptors (Lipinski definition) is 7. The molecule has 0 saturated heterocycles. The fourth-order valence-electron chi connectivity index (χ4n) is 9.76. The van der Waals surface area contributed by atoms with Gasteiger partial charge in [0.2, 0.25) is 0 Å². The molecule has 0 aliphatic rings. The van der Waals surface area contributed by atoms with Gasteiger partial charge in [0.1, 0.15) is 19.8 Å². The molecule has 9 nitrogen and oxygen atoms in total.